The normalized spacial score (nSPS) is 22.9. The molecule has 0 amide bonds. The summed E-state index contributed by atoms with van der Waals surface area (Å²) in [6, 6.07) is 1.86. The maximum atomic E-state index is 5.73. The molecule has 5 rings (SSSR count). The van der Waals surface area contributed by atoms with E-state index in [1.54, 1.807) is 6.20 Å². The summed E-state index contributed by atoms with van der Waals surface area (Å²) in [5.74, 6) is 2.92. The summed E-state index contributed by atoms with van der Waals surface area (Å²) in [6.45, 7) is 4.30. The van der Waals surface area contributed by atoms with Gasteiger partial charge in [0.2, 0.25) is 11.9 Å². The molecule has 0 radical (unpaired) electrons. The first kappa shape index (κ1) is 18.7. The van der Waals surface area contributed by atoms with Crippen LogP contribution < -0.4 is 20.9 Å². The molecule has 2 aromatic heterocycles. The molecule has 0 saturated carbocycles. The zero-order chi connectivity index (χ0) is 20.7. The number of nitrogens with two attached hydrogens (primary N) is 1. The van der Waals surface area contributed by atoms with E-state index in [1.807, 2.05) is 26.2 Å². The van der Waals surface area contributed by atoms with Crippen LogP contribution in [0.15, 0.2) is 28.4 Å². The standard InChI is InChI=1S/C20H25N9O/c1-13-8-16(25-12-21)22-9-14(13)26-18-23-10-15-17(27-18)29-19(28(15)2)24-11-20(29)4-3-6-30-7-5-20/h8-10,12H,3-7,11H2,1-2H3,(H2,21,22,25)(H,23,26,27). The highest BCUT2D eigenvalue weighted by Crippen LogP contribution is 2.45. The number of aryl methyl sites for hydroxylation is 1. The Morgan fingerprint density at radius 2 is 2.17 bits per heavy atom. The molecule has 30 heavy (non-hydrogen) atoms. The van der Waals surface area contributed by atoms with E-state index in [0.717, 1.165) is 67.7 Å². The Hall–Kier alpha value is -3.27. The number of pyridine rings is 1. The van der Waals surface area contributed by atoms with Crippen LogP contribution in [0.2, 0.25) is 0 Å². The van der Waals surface area contributed by atoms with Crippen molar-refractivity contribution >= 4 is 41.3 Å². The number of rotatable bonds is 3. The highest BCUT2D eigenvalue weighted by atomic mass is 16.5. The van der Waals surface area contributed by atoms with Crippen molar-refractivity contribution in [2.75, 3.05) is 41.9 Å². The van der Waals surface area contributed by atoms with Gasteiger partial charge in [0.1, 0.15) is 5.69 Å². The number of fused-ring (bicyclic) bond motifs is 4. The summed E-state index contributed by atoms with van der Waals surface area (Å²) in [7, 11) is 2.02. The first-order valence-corrected chi connectivity index (χ1v) is 10.1. The molecule has 2 aromatic rings. The molecule has 10 heteroatoms. The second kappa shape index (κ2) is 7.21. The van der Waals surface area contributed by atoms with Gasteiger partial charge in [0.15, 0.2) is 11.6 Å². The fraction of sp³-hybridized carbons (Fsp3) is 0.450. The van der Waals surface area contributed by atoms with Crippen LogP contribution in [0.25, 0.3) is 0 Å². The van der Waals surface area contributed by atoms with Gasteiger partial charge in [-0.1, -0.05) is 0 Å². The van der Waals surface area contributed by atoms with Crippen LogP contribution in [0.3, 0.4) is 0 Å². The number of anilines is 4. The minimum atomic E-state index is -0.0731. The van der Waals surface area contributed by atoms with Gasteiger partial charge in [0.05, 0.1) is 36.5 Å². The van der Waals surface area contributed by atoms with Gasteiger partial charge in [0, 0.05) is 20.3 Å². The summed E-state index contributed by atoms with van der Waals surface area (Å²) in [4.78, 5) is 27.0. The molecule has 3 aliphatic heterocycles. The Morgan fingerprint density at radius 3 is 3.00 bits per heavy atom. The Balaban J connectivity index is 1.48. The quantitative estimate of drug-likeness (QED) is 0.587. The van der Waals surface area contributed by atoms with Crippen molar-refractivity contribution in [3.8, 4) is 0 Å². The smallest absolute Gasteiger partial charge is 0.229 e. The molecule has 1 fully saturated rings. The maximum Gasteiger partial charge on any atom is 0.229 e. The fourth-order valence-corrected chi connectivity index (χ4v) is 4.40. The first-order valence-electron chi connectivity index (χ1n) is 10.1. The summed E-state index contributed by atoms with van der Waals surface area (Å²) >= 11 is 0. The number of guanidine groups is 1. The Labute approximate surface area is 174 Å². The van der Waals surface area contributed by atoms with E-state index in [0.29, 0.717) is 11.8 Å². The molecule has 1 saturated heterocycles. The average Bonchev–Trinajstić information content (AvgIpc) is 3.12. The van der Waals surface area contributed by atoms with E-state index in [2.05, 4.69) is 30.1 Å². The van der Waals surface area contributed by atoms with Crippen LogP contribution >= 0.6 is 0 Å². The number of aromatic nitrogens is 3. The number of nitrogens with zero attached hydrogens (tertiary/aromatic N) is 7. The Kier molecular flexibility index (Phi) is 4.50. The van der Waals surface area contributed by atoms with E-state index in [9.17, 15) is 0 Å². The summed E-state index contributed by atoms with van der Waals surface area (Å²) in [5, 5.41) is 3.29. The summed E-state index contributed by atoms with van der Waals surface area (Å²) in [6.07, 6.45) is 7.80. The van der Waals surface area contributed by atoms with Crippen molar-refractivity contribution in [2.24, 2.45) is 15.7 Å². The topological polar surface area (TPSA) is 117 Å². The average molecular weight is 407 g/mol. The molecular formula is C20H25N9O. The van der Waals surface area contributed by atoms with Crippen LogP contribution in [0, 0.1) is 6.92 Å². The molecule has 10 nitrogen and oxygen atoms in total. The monoisotopic (exact) mass is 407 g/mol. The van der Waals surface area contributed by atoms with Crippen LogP contribution in [0.5, 0.6) is 0 Å². The largest absolute Gasteiger partial charge is 0.390 e. The Bertz CT molecular complexity index is 1030. The molecule has 5 heterocycles. The molecule has 1 unspecified atom stereocenters. The molecule has 0 aliphatic carbocycles. The van der Waals surface area contributed by atoms with E-state index in [1.165, 1.54) is 6.34 Å². The van der Waals surface area contributed by atoms with Crippen LogP contribution in [0.1, 0.15) is 24.8 Å². The van der Waals surface area contributed by atoms with Gasteiger partial charge >= 0.3 is 0 Å². The van der Waals surface area contributed by atoms with Gasteiger partial charge < -0.3 is 20.7 Å². The van der Waals surface area contributed by atoms with Gasteiger partial charge in [-0.25, -0.2) is 20.0 Å². The Morgan fingerprint density at radius 1 is 1.27 bits per heavy atom. The molecule has 1 atom stereocenters. The number of ether oxygens (including phenoxy) is 1. The maximum absolute atomic E-state index is 5.73. The third-order valence-corrected chi connectivity index (χ3v) is 6.00. The van der Waals surface area contributed by atoms with E-state index in [-0.39, 0.29) is 5.54 Å². The van der Waals surface area contributed by atoms with Crippen molar-refractivity contribution in [3.63, 3.8) is 0 Å². The molecule has 156 valence electrons. The summed E-state index contributed by atoms with van der Waals surface area (Å²) < 4.78 is 5.73. The minimum Gasteiger partial charge on any atom is -0.390 e. The van der Waals surface area contributed by atoms with Crippen molar-refractivity contribution in [3.05, 3.63) is 24.0 Å². The third-order valence-electron chi connectivity index (χ3n) is 6.00. The van der Waals surface area contributed by atoms with Crippen molar-refractivity contribution in [1.82, 2.24) is 15.0 Å². The predicted molar refractivity (Wildman–Crippen MR) is 117 cm³/mol. The first-order chi connectivity index (χ1) is 14.6. The summed E-state index contributed by atoms with van der Waals surface area (Å²) in [5.41, 5.74) is 8.05. The second-order valence-electron chi connectivity index (χ2n) is 7.86. The molecule has 0 bridgehead atoms. The zero-order valence-electron chi connectivity index (χ0n) is 17.2. The van der Waals surface area contributed by atoms with Gasteiger partial charge in [-0.15, -0.1) is 0 Å². The van der Waals surface area contributed by atoms with Crippen LogP contribution in [-0.2, 0) is 4.74 Å². The second-order valence-corrected chi connectivity index (χ2v) is 7.86. The predicted octanol–water partition coefficient (Wildman–Crippen LogP) is 2.11. The van der Waals surface area contributed by atoms with Gasteiger partial charge in [-0.3, -0.25) is 4.90 Å². The number of hydrogen-bond donors (Lipinski definition) is 2. The SMILES string of the molecule is Cc1cc(N=CN)ncc1Nc1ncc2c(n1)N1C(=NCC13CCCOCC3)N2C. The van der Waals surface area contributed by atoms with Gasteiger partial charge in [-0.2, -0.15) is 4.98 Å². The minimum absolute atomic E-state index is 0.0731. The molecule has 3 aliphatic rings. The number of hydrogen-bond acceptors (Lipinski definition) is 9. The van der Waals surface area contributed by atoms with E-state index < -0.39 is 0 Å². The highest BCUT2D eigenvalue weighted by Gasteiger charge is 2.50. The molecule has 3 N–H and O–H groups in total. The highest BCUT2D eigenvalue weighted by molar-refractivity contribution is 6.17. The van der Waals surface area contributed by atoms with Crippen molar-refractivity contribution in [2.45, 2.75) is 31.7 Å². The lowest BCUT2D eigenvalue weighted by Gasteiger charge is -2.35. The fourth-order valence-electron chi connectivity index (χ4n) is 4.40. The third kappa shape index (κ3) is 2.95. The molecule has 1 spiro atoms. The molecular weight excluding hydrogens is 382 g/mol. The zero-order valence-corrected chi connectivity index (χ0v) is 17.2. The van der Waals surface area contributed by atoms with Crippen molar-refractivity contribution in [1.29, 1.82) is 0 Å². The molecule has 0 aromatic carbocycles. The number of aliphatic imine (C=N–C) groups is 2. The lowest BCUT2D eigenvalue weighted by molar-refractivity contribution is 0.140. The van der Waals surface area contributed by atoms with Gasteiger partial charge in [-0.05, 0) is 37.8 Å². The number of nitrogens with one attached hydrogen (secondary N) is 1. The van der Waals surface area contributed by atoms with Crippen molar-refractivity contribution < 1.29 is 4.74 Å². The van der Waals surface area contributed by atoms with Crippen LogP contribution in [0.4, 0.5) is 29.0 Å². The van der Waals surface area contributed by atoms with Crippen LogP contribution in [-0.4, -0.2) is 59.6 Å². The van der Waals surface area contributed by atoms with Gasteiger partial charge in [0.25, 0.3) is 0 Å². The van der Waals surface area contributed by atoms with E-state index in [4.69, 9.17) is 20.4 Å². The lowest BCUT2D eigenvalue weighted by Crippen LogP contribution is -2.50. The van der Waals surface area contributed by atoms with E-state index >= 15 is 0 Å². The lowest BCUT2D eigenvalue weighted by atomic mass is 9.90.